The molecule has 0 radical (unpaired) electrons. The maximum absolute atomic E-state index is 12.8. The van der Waals surface area contributed by atoms with Crippen LogP contribution in [0.1, 0.15) is 20.7 Å². The van der Waals surface area contributed by atoms with E-state index in [1.165, 1.54) is 6.07 Å². The Balaban J connectivity index is 2.06. The summed E-state index contributed by atoms with van der Waals surface area (Å²) in [4.78, 5) is 25.9. The van der Waals surface area contributed by atoms with Gasteiger partial charge in [0.15, 0.2) is 20.9 Å². The fourth-order valence-electron chi connectivity index (χ4n) is 3.12. The third kappa shape index (κ3) is 2.02. The van der Waals surface area contributed by atoms with Crippen LogP contribution in [-0.2, 0) is 11.1 Å². The summed E-state index contributed by atoms with van der Waals surface area (Å²) in [6.45, 7) is 0. The largest absolute Gasteiger partial charge is 0.545 e. The number of carboxylic acid groups (broad SMARTS) is 1. The highest BCUT2D eigenvalue weighted by Crippen LogP contribution is 2.39. The van der Waals surface area contributed by atoms with Crippen LogP contribution in [0, 0.1) is 0 Å². The van der Waals surface area contributed by atoms with Gasteiger partial charge in [0.25, 0.3) is 5.91 Å². The van der Waals surface area contributed by atoms with Gasteiger partial charge in [-0.05, 0) is 29.7 Å². The first-order valence-electron chi connectivity index (χ1n) is 7.44. The van der Waals surface area contributed by atoms with Crippen LogP contribution in [0.25, 0.3) is 10.8 Å². The normalized spacial score (nSPS) is 16.5. The molecular formula is C19H13NO3S. The second-order valence-corrected chi connectivity index (χ2v) is 7.53. The first-order chi connectivity index (χ1) is 11.6. The second-order valence-electron chi connectivity index (χ2n) is 5.53. The van der Waals surface area contributed by atoms with E-state index in [-0.39, 0.29) is 11.5 Å². The zero-order chi connectivity index (χ0) is 16.8. The zero-order valence-corrected chi connectivity index (χ0v) is 13.7. The number of benzene rings is 3. The number of hydrogen-bond donors (Lipinski definition) is 0. The summed E-state index contributed by atoms with van der Waals surface area (Å²) < 4.78 is 1.62. The van der Waals surface area contributed by atoms with Gasteiger partial charge in [0.05, 0.1) is 29.5 Å². The van der Waals surface area contributed by atoms with Crippen molar-refractivity contribution in [1.29, 1.82) is 0 Å². The molecule has 0 bridgehead atoms. The molecule has 1 amide bonds. The average molecular weight is 335 g/mol. The SMILES string of the molecule is CN1C(=O)c2cccc3cccc(c23)[S+]1c1ccccc1C(=O)[O-]. The molecule has 0 saturated carbocycles. The molecule has 1 aliphatic heterocycles. The molecule has 4 nitrogen and oxygen atoms in total. The Kier molecular flexibility index (Phi) is 3.32. The summed E-state index contributed by atoms with van der Waals surface area (Å²) in [5, 5.41) is 13.4. The molecule has 3 aromatic rings. The Morgan fingerprint density at radius 3 is 2.38 bits per heavy atom. The Hall–Kier alpha value is -2.79. The molecule has 4 rings (SSSR count). The summed E-state index contributed by atoms with van der Waals surface area (Å²) >= 11 is -0.800. The van der Waals surface area contributed by atoms with E-state index in [1.807, 2.05) is 36.4 Å². The van der Waals surface area contributed by atoms with Gasteiger partial charge >= 0.3 is 0 Å². The Morgan fingerprint density at radius 1 is 0.958 bits per heavy atom. The van der Waals surface area contributed by atoms with Crippen molar-refractivity contribution in [3.8, 4) is 0 Å². The summed E-state index contributed by atoms with van der Waals surface area (Å²) in [6, 6.07) is 18.2. The smallest absolute Gasteiger partial charge is 0.296 e. The van der Waals surface area contributed by atoms with Crippen molar-refractivity contribution < 1.29 is 14.7 Å². The van der Waals surface area contributed by atoms with Gasteiger partial charge in [-0.1, -0.05) is 36.4 Å². The van der Waals surface area contributed by atoms with Crippen molar-refractivity contribution in [2.45, 2.75) is 9.79 Å². The zero-order valence-electron chi connectivity index (χ0n) is 12.9. The predicted molar refractivity (Wildman–Crippen MR) is 90.7 cm³/mol. The van der Waals surface area contributed by atoms with Crippen LogP contribution in [0.3, 0.4) is 0 Å². The van der Waals surface area contributed by atoms with Crippen LogP contribution in [0.5, 0.6) is 0 Å². The highest BCUT2D eigenvalue weighted by atomic mass is 32.2. The second kappa shape index (κ2) is 5.39. The minimum Gasteiger partial charge on any atom is -0.545 e. The van der Waals surface area contributed by atoms with E-state index in [9.17, 15) is 14.7 Å². The summed E-state index contributed by atoms with van der Waals surface area (Å²) in [5.74, 6) is -1.33. The van der Waals surface area contributed by atoms with Crippen LogP contribution in [0.4, 0.5) is 0 Å². The van der Waals surface area contributed by atoms with Crippen LogP contribution in [0.15, 0.2) is 70.5 Å². The van der Waals surface area contributed by atoms with Crippen molar-refractivity contribution in [3.63, 3.8) is 0 Å². The molecular weight excluding hydrogens is 322 g/mol. The van der Waals surface area contributed by atoms with Gasteiger partial charge < -0.3 is 9.90 Å². The Labute approximate surface area is 141 Å². The molecule has 1 aliphatic rings. The van der Waals surface area contributed by atoms with Gasteiger partial charge in [0, 0.05) is 0 Å². The molecule has 0 aromatic heterocycles. The lowest BCUT2D eigenvalue weighted by atomic mass is 10.0. The summed E-state index contributed by atoms with van der Waals surface area (Å²) in [5.41, 5.74) is 0.775. The maximum Gasteiger partial charge on any atom is 0.296 e. The molecule has 0 N–H and O–H groups in total. The molecule has 0 spiro atoms. The fourth-order valence-corrected chi connectivity index (χ4v) is 5.40. The van der Waals surface area contributed by atoms with Gasteiger partial charge in [0.1, 0.15) is 0 Å². The van der Waals surface area contributed by atoms with E-state index < -0.39 is 17.1 Å². The third-order valence-electron chi connectivity index (χ3n) is 4.18. The topological polar surface area (TPSA) is 60.4 Å². The minimum absolute atomic E-state index is 0.101. The molecule has 5 heteroatoms. The number of nitrogens with zero attached hydrogens (tertiary/aromatic N) is 1. The van der Waals surface area contributed by atoms with Gasteiger partial charge in [-0.3, -0.25) is 4.79 Å². The predicted octanol–water partition coefficient (Wildman–Crippen LogP) is 2.24. The molecule has 0 fully saturated rings. The van der Waals surface area contributed by atoms with E-state index in [4.69, 9.17) is 0 Å². The van der Waals surface area contributed by atoms with Crippen molar-refractivity contribution in [2.75, 3.05) is 7.05 Å². The average Bonchev–Trinajstić information content (AvgIpc) is 2.60. The minimum atomic E-state index is -1.23. The van der Waals surface area contributed by atoms with Gasteiger partial charge in [-0.15, -0.1) is 4.31 Å². The van der Waals surface area contributed by atoms with Gasteiger partial charge in [-0.2, -0.15) is 0 Å². The summed E-state index contributed by atoms with van der Waals surface area (Å²) in [6.07, 6.45) is 0. The van der Waals surface area contributed by atoms with E-state index in [0.29, 0.717) is 10.5 Å². The highest BCUT2D eigenvalue weighted by molar-refractivity contribution is 7.95. The number of amides is 1. The van der Waals surface area contributed by atoms with E-state index in [1.54, 1.807) is 29.6 Å². The molecule has 1 atom stereocenters. The fraction of sp³-hybridized carbons (Fsp3) is 0.0526. The first kappa shape index (κ1) is 14.8. The number of rotatable bonds is 2. The van der Waals surface area contributed by atoms with Crippen molar-refractivity contribution >= 4 is 33.7 Å². The van der Waals surface area contributed by atoms with Crippen LogP contribution in [0.2, 0.25) is 0 Å². The molecule has 1 heterocycles. The lowest BCUT2D eigenvalue weighted by molar-refractivity contribution is -0.255. The molecule has 0 saturated heterocycles. The lowest BCUT2D eigenvalue weighted by Crippen LogP contribution is -2.38. The number of carbonyl (C=O) groups is 2. The Bertz CT molecular complexity index is 994. The quantitative estimate of drug-likeness (QED) is 0.675. The van der Waals surface area contributed by atoms with Crippen molar-refractivity contribution in [3.05, 3.63) is 71.8 Å². The number of aromatic carboxylic acids is 1. The van der Waals surface area contributed by atoms with Gasteiger partial charge in [-0.25, -0.2) is 0 Å². The van der Waals surface area contributed by atoms with E-state index >= 15 is 0 Å². The monoisotopic (exact) mass is 335 g/mol. The summed E-state index contributed by atoms with van der Waals surface area (Å²) in [7, 11) is 1.71. The van der Waals surface area contributed by atoms with Crippen LogP contribution >= 0.6 is 0 Å². The van der Waals surface area contributed by atoms with Crippen molar-refractivity contribution in [2.24, 2.45) is 0 Å². The standard InChI is InChI=1S/C19H13NO3S/c1-20-18(21)14-9-4-6-12-7-5-11-16(17(12)14)24(20)15-10-3-2-8-13(15)19(22)23/h2-11H,1H3. The van der Waals surface area contributed by atoms with Crippen molar-refractivity contribution in [1.82, 2.24) is 4.31 Å². The number of hydrogen-bond acceptors (Lipinski definition) is 3. The van der Waals surface area contributed by atoms with E-state index in [0.717, 1.165) is 15.7 Å². The molecule has 1 unspecified atom stereocenters. The van der Waals surface area contributed by atoms with Crippen LogP contribution < -0.4 is 5.11 Å². The van der Waals surface area contributed by atoms with Crippen LogP contribution in [-0.4, -0.2) is 23.2 Å². The first-order valence-corrected chi connectivity index (χ1v) is 8.62. The Morgan fingerprint density at radius 2 is 1.62 bits per heavy atom. The third-order valence-corrected chi connectivity index (χ3v) is 6.42. The molecule has 24 heavy (non-hydrogen) atoms. The highest BCUT2D eigenvalue weighted by Gasteiger charge is 2.43. The number of carboxylic acids is 1. The van der Waals surface area contributed by atoms with E-state index in [2.05, 4.69) is 0 Å². The maximum atomic E-state index is 12.8. The molecule has 3 aromatic carbocycles. The molecule has 0 aliphatic carbocycles. The van der Waals surface area contributed by atoms with Gasteiger partial charge in [0.2, 0.25) is 0 Å². The molecule has 118 valence electrons. The number of carbonyl (C=O) groups excluding carboxylic acids is 2. The lowest BCUT2D eigenvalue weighted by Gasteiger charge is -2.25.